The molecule has 0 saturated carbocycles. The summed E-state index contributed by atoms with van der Waals surface area (Å²) in [6.07, 6.45) is 3.18. The first-order valence-electron chi connectivity index (χ1n) is 8.02. The van der Waals surface area contributed by atoms with E-state index >= 15 is 0 Å². The summed E-state index contributed by atoms with van der Waals surface area (Å²) < 4.78 is 1.72. The number of ketones is 1. The van der Waals surface area contributed by atoms with Crippen molar-refractivity contribution in [1.29, 1.82) is 0 Å². The van der Waals surface area contributed by atoms with Gasteiger partial charge >= 0.3 is 0 Å². The Kier molecular flexibility index (Phi) is 3.29. The standard InChI is InChI=1S/C19H18ClN3O/c1-11-17(12-5-4-6-13(20)7-12)18-21-15-8-19(2,3)9-16(24)14(15)10-23(18)22-11/h4-7,10H,8-9H2,1-3H3. The first-order chi connectivity index (χ1) is 11.3. The van der Waals surface area contributed by atoms with E-state index in [1.54, 1.807) is 4.52 Å². The minimum absolute atomic E-state index is 0.0549. The van der Waals surface area contributed by atoms with Crippen LogP contribution in [0, 0.1) is 12.3 Å². The van der Waals surface area contributed by atoms with Crippen molar-refractivity contribution in [2.45, 2.75) is 33.6 Å². The van der Waals surface area contributed by atoms with Crippen LogP contribution in [0.25, 0.3) is 16.8 Å². The first-order valence-corrected chi connectivity index (χ1v) is 8.40. The van der Waals surface area contributed by atoms with Crippen LogP contribution >= 0.6 is 11.6 Å². The van der Waals surface area contributed by atoms with Crippen molar-refractivity contribution in [2.24, 2.45) is 5.41 Å². The van der Waals surface area contributed by atoms with Crippen LogP contribution in [0.4, 0.5) is 0 Å². The Morgan fingerprint density at radius 1 is 1.25 bits per heavy atom. The van der Waals surface area contributed by atoms with E-state index in [4.69, 9.17) is 16.6 Å². The van der Waals surface area contributed by atoms with Crippen molar-refractivity contribution in [2.75, 3.05) is 0 Å². The lowest BCUT2D eigenvalue weighted by Gasteiger charge is -2.29. The van der Waals surface area contributed by atoms with Crippen LogP contribution in [0.2, 0.25) is 5.02 Å². The van der Waals surface area contributed by atoms with E-state index in [0.29, 0.717) is 17.0 Å². The van der Waals surface area contributed by atoms with Crippen LogP contribution in [0.1, 0.15) is 42.0 Å². The number of rotatable bonds is 1. The molecule has 0 radical (unpaired) electrons. The molecular formula is C19H18ClN3O. The number of hydrogen-bond donors (Lipinski definition) is 0. The van der Waals surface area contributed by atoms with Crippen LogP contribution in [0.5, 0.6) is 0 Å². The molecule has 1 aliphatic carbocycles. The van der Waals surface area contributed by atoms with Crippen LogP contribution in [-0.2, 0) is 6.42 Å². The Morgan fingerprint density at radius 2 is 2.04 bits per heavy atom. The molecule has 3 aromatic rings. The Morgan fingerprint density at radius 3 is 2.79 bits per heavy atom. The van der Waals surface area contributed by atoms with E-state index in [1.807, 2.05) is 37.4 Å². The maximum atomic E-state index is 12.5. The Bertz CT molecular complexity index is 988. The molecular weight excluding hydrogens is 322 g/mol. The minimum atomic E-state index is -0.0549. The molecule has 4 rings (SSSR count). The van der Waals surface area contributed by atoms with Crippen LogP contribution < -0.4 is 0 Å². The van der Waals surface area contributed by atoms with Gasteiger partial charge in [-0.15, -0.1) is 0 Å². The summed E-state index contributed by atoms with van der Waals surface area (Å²) in [5.74, 6) is 0.146. The fraction of sp³-hybridized carbons (Fsp3) is 0.316. The van der Waals surface area contributed by atoms with Gasteiger partial charge in [0, 0.05) is 23.2 Å². The van der Waals surface area contributed by atoms with Gasteiger partial charge in [-0.3, -0.25) is 4.79 Å². The van der Waals surface area contributed by atoms with E-state index in [-0.39, 0.29) is 11.2 Å². The number of nitrogens with zero attached hydrogens (tertiary/aromatic N) is 3. The van der Waals surface area contributed by atoms with E-state index in [2.05, 4.69) is 18.9 Å². The average Bonchev–Trinajstić information content (AvgIpc) is 2.79. The topological polar surface area (TPSA) is 47.3 Å². The first kappa shape index (κ1) is 15.3. The fourth-order valence-electron chi connectivity index (χ4n) is 3.51. The number of carbonyl (C=O) groups excluding carboxylic acids is 1. The molecule has 0 aliphatic heterocycles. The third-order valence-corrected chi connectivity index (χ3v) is 4.80. The number of hydrogen-bond acceptors (Lipinski definition) is 3. The lowest BCUT2D eigenvalue weighted by atomic mass is 9.76. The van der Waals surface area contributed by atoms with Gasteiger partial charge in [0.2, 0.25) is 0 Å². The minimum Gasteiger partial charge on any atom is -0.294 e. The quantitative estimate of drug-likeness (QED) is 0.655. The van der Waals surface area contributed by atoms with Gasteiger partial charge in [0.05, 0.1) is 17.0 Å². The zero-order valence-electron chi connectivity index (χ0n) is 13.9. The molecule has 122 valence electrons. The van der Waals surface area contributed by atoms with Gasteiger partial charge in [0.15, 0.2) is 11.4 Å². The summed E-state index contributed by atoms with van der Waals surface area (Å²) in [6, 6.07) is 7.70. The summed E-state index contributed by atoms with van der Waals surface area (Å²) in [6.45, 7) is 6.17. The number of carbonyl (C=O) groups is 1. The summed E-state index contributed by atoms with van der Waals surface area (Å²) in [5, 5.41) is 5.24. The maximum Gasteiger partial charge on any atom is 0.166 e. The van der Waals surface area contributed by atoms with Crippen molar-refractivity contribution in [3.63, 3.8) is 0 Å². The van der Waals surface area contributed by atoms with Crippen molar-refractivity contribution in [1.82, 2.24) is 14.6 Å². The largest absolute Gasteiger partial charge is 0.294 e. The molecule has 0 spiro atoms. The van der Waals surface area contributed by atoms with Gasteiger partial charge in [-0.2, -0.15) is 5.10 Å². The molecule has 5 heteroatoms. The molecule has 0 unspecified atom stereocenters. The van der Waals surface area contributed by atoms with Gasteiger partial charge in [0.1, 0.15) is 0 Å². The monoisotopic (exact) mass is 339 g/mol. The Hall–Kier alpha value is -2.20. The molecule has 0 amide bonds. The molecule has 24 heavy (non-hydrogen) atoms. The Labute approximate surface area is 145 Å². The molecule has 0 saturated heterocycles. The highest BCUT2D eigenvalue weighted by Gasteiger charge is 2.33. The number of aryl methyl sites for hydroxylation is 1. The highest BCUT2D eigenvalue weighted by Crippen LogP contribution is 2.36. The van der Waals surface area contributed by atoms with E-state index in [1.165, 1.54) is 0 Å². The normalized spacial score (nSPS) is 16.4. The van der Waals surface area contributed by atoms with Gasteiger partial charge < -0.3 is 0 Å². The second-order valence-corrected chi connectivity index (χ2v) is 7.72. The molecule has 1 aliphatic rings. The molecule has 1 aromatic carbocycles. The zero-order chi connectivity index (χ0) is 17.1. The predicted octanol–water partition coefficient (Wildman–Crippen LogP) is 4.51. The molecule has 2 heterocycles. The number of fused-ring (bicyclic) bond motifs is 2. The zero-order valence-corrected chi connectivity index (χ0v) is 14.7. The molecule has 0 bridgehead atoms. The van der Waals surface area contributed by atoms with Crippen LogP contribution in [-0.4, -0.2) is 20.4 Å². The fourth-order valence-corrected chi connectivity index (χ4v) is 3.70. The van der Waals surface area contributed by atoms with Gasteiger partial charge in [-0.25, -0.2) is 9.50 Å². The van der Waals surface area contributed by atoms with Crippen LogP contribution in [0.15, 0.2) is 30.5 Å². The molecule has 0 fully saturated rings. The van der Waals surface area contributed by atoms with E-state index < -0.39 is 0 Å². The number of aromatic nitrogens is 3. The predicted molar refractivity (Wildman–Crippen MR) is 94.6 cm³/mol. The average molecular weight is 340 g/mol. The second kappa shape index (κ2) is 5.15. The highest BCUT2D eigenvalue weighted by molar-refractivity contribution is 6.30. The summed E-state index contributed by atoms with van der Waals surface area (Å²) in [4.78, 5) is 17.3. The van der Waals surface area contributed by atoms with E-state index in [0.717, 1.165) is 34.6 Å². The summed E-state index contributed by atoms with van der Waals surface area (Å²) in [5.41, 5.74) is 5.12. The molecule has 0 atom stereocenters. The lowest BCUT2D eigenvalue weighted by Crippen LogP contribution is -2.28. The van der Waals surface area contributed by atoms with Crippen molar-refractivity contribution in [3.05, 3.63) is 52.4 Å². The molecule has 0 N–H and O–H groups in total. The Balaban J connectivity index is 1.97. The number of halogens is 1. The maximum absolute atomic E-state index is 12.5. The number of benzene rings is 1. The van der Waals surface area contributed by atoms with Gasteiger partial charge in [-0.1, -0.05) is 37.6 Å². The molecule has 4 nitrogen and oxygen atoms in total. The lowest BCUT2D eigenvalue weighted by molar-refractivity contribution is 0.0909. The SMILES string of the molecule is Cc1nn2cc3c(nc2c1-c1cccc(Cl)c1)CC(C)(C)CC3=O. The van der Waals surface area contributed by atoms with Gasteiger partial charge in [-0.05, 0) is 36.5 Å². The third kappa shape index (κ3) is 2.42. The summed E-state index contributed by atoms with van der Waals surface area (Å²) >= 11 is 6.14. The highest BCUT2D eigenvalue weighted by atomic mass is 35.5. The smallest absolute Gasteiger partial charge is 0.166 e. The number of Topliss-reactive ketones (excluding diaryl/α,β-unsaturated/α-hetero) is 1. The van der Waals surface area contributed by atoms with Crippen molar-refractivity contribution < 1.29 is 4.79 Å². The van der Waals surface area contributed by atoms with Gasteiger partial charge in [0.25, 0.3) is 0 Å². The van der Waals surface area contributed by atoms with Crippen LogP contribution in [0.3, 0.4) is 0 Å². The van der Waals surface area contributed by atoms with E-state index in [9.17, 15) is 4.79 Å². The van der Waals surface area contributed by atoms with Crippen molar-refractivity contribution in [3.8, 4) is 11.1 Å². The summed E-state index contributed by atoms with van der Waals surface area (Å²) in [7, 11) is 0. The van der Waals surface area contributed by atoms with Crippen molar-refractivity contribution >= 4 is 23.0 Å². The molecule has 2 aromatic heterocycles. The second-order valence-electron chi connectivity index (χ2n) is 7.28. The third-order valence-electron chi connectivity index (χ3n) is 4.56.